The number of benzene rings is 2. The maximum atomic E-state index is 14.2. The topological polar surface area (TPSA) is 126 Å². The maximum Gasteiger partial charge on any atom is 0.330 e. The number of aromatic nitrogens is 2. The van der Waals surface area contributed by atoms with Crippen molar-refractivity contribution in [3.05, 3.63) is 59.8 Å². The van der Waals surface area contributed by atoms with Crippen LogP contribution in [0.4, 0.5) is 0 Å². The fourth-order valence-corrected chi connectivity index (χ4v) is 9.25. The lowest BCUT2D eigenvalue weighted by atomic mass is 9.48. The summed E-state index contributed by atoms with van der Waals surface area (Å²) in [5.41, 5.74) is 1.07. The second kappa shape index (κ2) is 13.6. The molecular weight excluding hydrogens is 658 g/mol. The highest BCUT2D eigenvalue weighted by molar-refractivity contribution is 5.98. The van der Waals surface area contributed by atoms with Gasteiger partial charge in [-0.25, -0.2) is 9.48 Å². The molecule has 11 nitrogen and oxygen atoms in total. The molecule has 8 rings (SSSR count). The highest BCUT2D eigenvalue weighted by Crippen LogP contribution is 2.58. The van der Waals surface area contributed by atoms with E-state index in [1.807, 2.05) is 68.5 Å². The summed E-state index contributed by atoms with van der Waals surface area (Å²) in [5, 5.41) is 18.5. The molecule has 12 heteroatoms. The van der Waals surface area contributed by atoms with Crippen LogP contribution >= 0.6 is 12.4 Å². The third kappa shape index (κ3) is 5.92. The second-order valence-electron chi connectivity index (χ2n) is 15.0. The Kier molecular flexibility index (Phi) is 9.69. The Morgan fingerprint density at radius 1 is 0.900 bits per heavy atom. The molecule has 5 fully saturated rings. The molecule has 4 bridgehead atoms. The number of hydrogen-bond acceptors (Lipinski definition) is 7. The normalized spacial score (nSPS) is 25.5. The average molecular weight is 706 g/mol. The number of amides is 2. The van der Waals surface area contributed by atoms with Crippen LogP contribution in [0.5, 0.6) is 11.5 Å². The smallest absolute Gasteiger partial charge is 0.330 e. The Morgan fingerprint density at radius 2 is 1.48 bits per heavy atom. The number of ether oxygens (including phenoxy) is 2. The summed E-state index contributed by atoms with van der Waals surface area (Å²) in [7, 11) is 9.01. The summed E-state index contributed by atoms with van der Waals surface area (Å²) in [5.74, 6) is 0.642. The van der Waals surface area contributed by atoms with Gasteiger partial charge in [0.05, 0.1) is 36.6 Å². The van der Waals surface area contributed by atoms with Crippen LogP contribution in [-0.2, 0) is 15.0 Å². The van der Waals surface area contributed by atoms with Gasteiger partial charge in [-0.15, -0.1) is 12.4 Å². The number of nitrogens with one attached hydrogen (secondary N) is 1. The highest BCUT2D eigenvalue weighted by Gasteiger charge is 2.62. The fourth-order valence-electron chi connectivity index (χ4n) is 9.25. The quantitative estimate of drug-likeness (QED) is 0.269. The predicted octanol–water partition coefficient (Wildman–Crippen LogP) is 5.04. The van der Waals surface area contributed by atoms with Gasteiger partial charge in [0.25, 0.3) is 5.91 Å². The standard InChI is InChI=1S/C38H47N5O6.ClH/c1-41(2)15-16-42(3)35(45)37(13-14-37)25-9-11-28(12-10-25)43-30(33-31(48-4)7-6-8-32(33)49-5)22-29(40-43)34(44)39-38(36(46)47)26-18-23-17-24(20-26)21-27(38)19-23;/h6-12,22-24,26-27H,13-21H2,1-5H3,(H,39,44)(H,46,47);1H. The lowest BCUT2D eigenvalue weighted by Gasteiger charge is -2.59. The molecule has 268 valence electrons. The maximum absolute atomic E-state index is 14.2. The van der Waals surface area contributed by atoms with Crippen molar-refractivity contribution in [1.29, 1.82) is 0 Å². The number of hydrogen-bond donors (Lipinski definition) is 2. The van der Waals surface area contributed by atoms with Crippen molar-refractivity contribution in [2.24, 2.45) is 23.7 Å². The van der Waals surface area contributed by atoms with E-state index in [2.05, 4.69) is 10.2 Å². The van der Waals surface area contributed by atoms with Crippen molar-refractivity contribution in [3.8, 4) is 28.4 Å². The van der Waals surface area contributed by atoms with Crippen LogP contribution < -0.4 is 14.8 Å². The largest absolute Gasteiger partial charge is 0.496 e. The first-order valence-electron chi connectivity index (χ1n) is 17.4. The summed E-state index contributed by atoms with van der Waals surface area (Å²) in [6, 6.07) is 14.9. The molecule has 1 heterocycles. The van der Waals surface area contributed by atoms with Gasteiger partial charge < -0.3 is 29.7 Å². The number of aliphatic carboxylic acids is 1. The summed E-state index contributed by atoms with van der Waals surface area (Å²) in [6.45, 7) is 1.44. The van der Waals surface area contributed by atoms with Gasteiger partial charge in [0.1, 0.15) is 17.0 Å². The van der Waals surface area contributed by atoms with Crippen LogP contribution in [0.3, 0.4) is 0 Å². The molecule has 0 radical (unpaired) electrons. The minimum absolute atomic E-state index is 0. The monoisotopic (exact) mass is 705 g/mol. The van der Waals surface area contributed by atoms with Gasteiger partial charge in [0, 0.05) is 20.1 Å². The Hall–Kier alpha value is -4.09. The number of carbonyl (C=O) groups excluding carboxylic acids is 2. The number of carbonyl (C=O) groups is 3. The van der Waals surface area contributed by atoms with Crippen LogP contribution in [-0.4, -0.2) is 96.5 Å². The van der Waals surface area contributed by atoms with E-state index in [0.717, 1.165) is 50.6 Å². The van der Waals surface area contributed by atoms with E-state index in [0.29, 0.717) is 46.8 Å². The molecule has 2 amide bonds. The summed E-state index contributed by atoms with van der Waals surface area (Å²) >= 11 is 0. The second-order valence-corrected chi connectivity index (χ2v) is 15.0. The summed E-state index contributed by atoms with van der Waals surface area (Å²) < 4.78 is 13.2. The van der Waals surface area contributed by atoms with Crippen molar-refractivity contribution >= 4 is 30.2 Å². The number of nitrogens with zero attached hydrogens (tertiary/aromatic N) is 4. The molecule has 5 saturated carbocycles. The van der Waals surface area contributed by atoms with Gasteiger partial charge in [-0.3, -0.25) is 9.59 Å². The number of carboxylic acids is 1. The van der Waals surface area contributed by atoms with Crippen molar-refractivity contribution in [3.63, 3.8) is 0 Å². The fraction of sp³-hybridized carbons (Fsp3) is 0.526. The van der Waals surface area contributed by atoms with Gasteiger partial charge in [-0.1, -0.05) is 18.2 Å². The first-order chi connectivity index (χ1) is 23.5. The minimum Gasteiger partial charge on any atom is -0.496 e. The molecule has 0 aliphatic heterocycles. The SMILES string of the molecule is COc1cccc(OC)c1-c1cc(C(=O)NC2(C(=O)O)C3CC4CC(C3)CC2C4)nn1-c1ccc(C2(C(=O)N(C)CCN(C)C)CC2)cc1.Cl. The van der Waals surface area contributed by atoms with E-state index in [4.69, 9.17) is 14.6 Å². The van der Waals surface area contributed by atoms with Crippen LogP contribution in [0.2, 0.25) is 0 Å². The molecule has 0 unspecified atom stereocenters. The van der Waals surface area contributed by atoms with Gasteiger partial charge in [0.15, 0.2) is 5.69 Å². The molecule has 2 N–H and O–H groups in total. The van der Waals surface area contributed by atoms with Crippen molar-refractivity contribution in [2.75, 3.05) is 48.5 Å². The molecule has 5 aliphatic carbocycles. The lowest BCUT2D eigenvalue weighted by molar-refractivity contribution is -0.163. The molecule has 0 atom stereocenters. The Bertz CT molecular complexity index is 1720. The predicted molar refractivity (Wildman–Crippen MR) is 191 cm³/mol. The first kappa shape index (κ1) is 35.7. The van der Waals surface area contributed by atoms with Crippen molar-refractivity contribution in [1.82, 2.24) is 24.9 Å². The van der Waals surface area contributed by atoms with E-state index >= 15 is 0 Å². The van der Waals surface area contributed by atoms with Crippen molar-refractivity contribution < 1.29 is 29.0 Å². The van der Waals surface area contributed by atoms with Gasteiger partial charge in [0.2, 0.25) is 5.91 Å². The first-order valence-corrected chi connectivity index (χ1v) is 17.4. The third-order valence-corrected chi connectivity index (χ3v) is 11.8. The van der Waals surface area contributed by atoms with E-state index in [-0.39, 0.29) is 35.8 Å². The molecule has 0 spiro atoms. The summed E-state index contributed by atoms with van der Waals surface area (Å²) in [4.78, 5) is 44.6. The molecule has 0 saturated heterocycles. The Labute approximate surface area is 299 Å². The molecule has 2 aromatic carbocycles. The molecule has 50 heavy (non-hydrogen) atoms. The van der Waals surface area contributed by atoms with E-state index in [9.17, 15) is 19.5 Å². The Balaban J connectivity index is 0.00000432. The molecule has 1 aromatic heterocycles. The lowest BCUT2D eigenvalue weighted by Crippen LogP contribution is -2.70. The van der Waals surface area contributed by atoms with Crippen LogP contribution in [0.25, 0.3) is 16.9 Å². The minimum atomic E-state index is -1.30. The number of halogens is 1. The number of methoxy groups -OCH3 is 2. The average Bonchev–Trinajstić information content (AvgIpc) is 3.79. The molecular formula is C38H48ClN5O6. The summed E-state index contributed by atoms with van der Waals surface area (Å²) in [6.07, 6.45) is 6.09. The molecule has 3 aromatic rings. The zero-order chi connectivity index (χ0) is 34.7. The van der Waals surface area contributed by atoms with E-state index < -0.39 is 22.8 Å². The highest BCUT2D eigenvalue weighted by atomic mass is 35.5. The number of likely N-dealkylation sites (N-methyl/N-ethyl adjacent to an activating group) is 2. The van der Waals surface area contributed by atoms with Crippen LogP contribution in [0.15, 0.2) is 48.5 Å². The number of carboxylic acid groups (broad SMARTS) is 1. The van der Waals surface area contributed by atoms with Gasteiger partial charge in [-0.05, 0) is 119 Å². The van der Waals surface area contributed by atoms with Crippen molar-refractivity contribution in [2.45, 2.75) is 55.9 Å². The van der Waals surface area contributed by atoms with Gasteiger partial charge >= 0.3 is 5.97 Å². The van der Waals surface area contributed by atoms with E-state index in [1.54, 1.807) is 25.0 Å². The van der Waals surface area contributed by atoms with Gasteiger partial charge in [-0.2, -0.15) is 5.10 Å². The van der Waals surface area contributed by atoms with Crippen LogP contribution in [0.1, 0.15) is 61.0 Å². The van der Waals surface area contributed by atoms with Crippen LogP contribution in [0, 0.1) is 23.7 Å². The number of rotatable bonds is 12. The third-order valence-electron chi connectivity index (χ3n) is 11.8. The Morgan fingerprint density at radius 3 is 1.98 bits per heavy atom. The molecule has 5 aliphatic rings. The zero-order valence-electron chi connectivity index (χ0n) is 29.5. The zero-order valence-corrected chi connectivity index (χ0v) is 30.3. The van der Waals surface area contributed by atoms with E-state index in [1.165, 1.54) is 6.42 Å².